The minimum absolute atomic E-state index is 0.156. The monoisotopic (exact) mass is 580 g/mol. The largest absolute Gasteiger partial charge is 0.456 e. The molecular weight excluding hydrogens is 544 g/mol. The first-order valence-electron chi connectivity index (χ1n) is 18.8. The number of benzene rings is 8. The molecule has 0 radical (unpaired) electrons. The van der Waals surface area contributed by atoms with Gasteiger partial charge in [0.2, 0.25) is 0 Å². The number of hydrogen-bond acceptors (Lipinski definition) is 1. The molecule has 9 aromatic rings. The van der Waals surface area contributed by atoms with Crippen LogP contribution in [0.25, 0.3) is 88.0 Å². The van der Waals surface area contributed by atoms with Crippen LogP contribution in [0.3, 0.4) is 0 Å². The van der Waals surface area contributed by atoms with Crippen molar-refractivity contribution in [3.05, 3.63) is 170 Å². The number of furan rings is 1. The molecule has 0 spiro atoms. The number of rotatable bonds is 4. The minimum atomic E-state index is -0.446. The molecule has 0 N–H and O–H groups in total. The van der Waals surface area contributed by atoms with E-state index in [4.69, 9.17) is 9.90 Å². The summed E-state index contributed by atoms with van der Waals surface area (Å²) in [6.07, 6.45) is 0. The Labute approximate surface area is 272 Å². The Morgan fingerprint density at radius 1 is 0.378 bits per heavy atom. The van der Waals surface area contributed by atoms with Gasteiger partial charge in [0.15, 0.2) is 0 Å². The zero-order valence-corrected chi connectivity index (χ0v) is 24.0. The van der Waals surface area contributed by atoms with Gasteiger partial charge in [0.1, 0.15) is 11.2 Å². The maximum atomic E-state index is 9.55. The van der Waals surface area contributed by atoms with E-state index in [1.807, 2.05) is 121 Å². The van der Waals surface area contributed by atoms with Gasteiger partial charge in [-0.05, 0) is 78.7 Å². The van der Waals surface area contributed by atoms with E-state index >= 15 is 0 Å². The molecule has 8 aromatic carbocycles. The van der Waals surface area contributed by atoms with Gasteiger partial charge in [0.25, 0.3) is 0 Å². The van der Waals surface area contributed by atoms with Gasteiger partial charge in [-0.1, -0.05) is 151 Å². The van der Waals surface area contributed by atoms with Gasteiger partial charge in [0.05, 0.1) is 11.0 Å². The van der Waals surface area contributed by atoms with Gasteiger partial charge in [-0.2, -0.15) is 0 Å². The highest BCUT2D eigenvalue weighted by Gasteiger charge is 2.23. The number of para-hydroxylation sites is 1. The molecule has 210 valence electrons. The Balaban J connectivity index is 1.60. The average molecular weight is 581 g/mol. The highest BCUT2D eigenvalue weighted by atomic mass is 16.3. The van der Waals surface area contributed by atoms with E-state index in [1.165, 1.54) is 0 Å². The molecule has 0 aliphatic heterocycles. The van der Waals surface area contributed by atoms with Crippen molar-refractivity contribution in [1.82, 2.24) is 0 Å². The molecule has 1 nitrogen and oxygen atoms in total. The van der Waals surface area contributed by atoms with E-state index in [-0.39, 0.29) is 51.3 Å². The van der Waals surface area contributed by atoms with Crippen molar-refractivity contribution in [2.24, 2.45) is 0 Å². The predicted molar refractivity (Wildman–Crippen MR) is 190 cm³/mol. The molecule has 0 aliphatic carbocycles. The first kappa shape index (κ1) is 18.7. The predicted octanol–water partition coefficient (Wildman–Crippen LogP) is 12.6. The third-order valence-corrected chi connectivity index (χ3v) is 8.51. The molecule has 0 bridgehead atoms. The third kappa shape index (κ3) is 4.09. The Bertz CT molecular complexity index is 2890. The quantitative estimate of drug-likeness (QED) is 0.189. The summed E-state index contributed by atoms with van der Waals surface area (Å²) in [7, 11) is 0. The molecule has 45 heavy (non-hydrogen) atoms. The van der Waals surface area contributed by atoms with Crippen LogP contribution in [0.15, 0.2) is 174 Å². The number of fused-ring (bicyclic) bond motifs is 5. The topological polar surface area (TPSA) is 13.1 Å². The van der Waals surface area contributed by atoms with Gasteiger partial charge in [-0.15, -0.1) is 0 Å². The van der Waals surface area contributed by atoms with Crippen LogP contribution >= 0.6 is 0 Å². The maximum absolute atomic E-state index is 9.55. The van der Waals surface area contributed by atoms with Gasteiger partial charge in [0, 0.05) is 16.3 Å². The molecule has 0 atom stereocenters. The fraction of sp³-hybridized carbons (Fsp3) is 0. The van der Waals surface area contributed by atoms with Crippen molar-refractivity contribution in [3.63, 3.8) is 0 Å². The van der Waals surface area contributed by atoms with E-state index in [1.54, 1.807) is 0 Å². The zero-order valence-electron chi connectivity index (χ0n) is 32.0. The Morgan fingerprint density at radius 2 is 0.933 bits per heavy atom. The summed E-state index contributed by atoms with van der Waals surface area (Å²) in [4.78, 5) is 0. The molecule has 0 aliphatic rings. The molecule has 0 saturated carbocycles. The lowest BCUT2D eigenvalue weighted by molar-refractivity contribution is 0.669. The lowest BCUT2D eigenvalue weighted by Crippen LogP contribution is -1.94. The van der Waals surface area contributed by atoms with Gasteiger partial charge < -0.3 is 4.42 Å². The zero-order chi connectivity index (χ0) is 36.7. The van der Waals surface area contributed by atoms with Gasteiger partial charge in [-0.3, -0.25) is 0 Å². The van der Waals surface area contributed by atoms with Crippen molar-refractivity contribution in [2.75, 3.05) is 0 Å². The van der Waals surface area contributed by atoms with Crippen molar-refractivity contribution in [2.45, 2.75) is 0 Å². The van der Waals surface area contributed by atoms with Crippen LogP contribution in [0.1, 0.15) is 11.0 Å². The van der Waals surface area contributed by atoms with Crippen LogP contribution in [-0.2, 0) is 0 Å². The summed E-state index contributed by atoms with van der Waals surface area (Å²) in [6.45, 7) is 0. The van der Waals surface area contributed by atoms with Crippen LogP contribution in [0.4, 0.5) is 0 Å². The fourth-order valence-corrected chi connectivity index (χ4v) is 6.58. The van der Waals surface area contributed by atoms with Crippen molar-refractivity contribution < 1.29 is 15.4 Å². The van der Waals surface area contributed by atoms with Gasteiger partial charge in [-0.25, -0.2) is 0 Å². The lowest BCUT2D eigenvalue weighted by Gasteiger charge is -2.20. The summed E-state index contributed by atoms with van der Waals surface area (Å²) in [5, 5.41) is 2.07. The first-order valence-corrected chi connectivity index (χ1v) is 14.8. The summed E-state index contributed by atoms with van der Waals surface area (Å²) < 4.78 is 80.1. The van der Waals surface area contributed by atoms with Crippen LogP contribution in [0.2, 0.25) is 0 Å². The second-order valence-electron chi connectivity index (χ2n) is 11.0. The average Bonchev–Trinajstić information content (AvgIpc) is 3.59. The van der Waals surface area contributed by atoms with Crippen molar-refractivity contribution in [3.8, 4) is 44.5 Å². The van der Waals surface area contributed by atoms with Gasteiger partial charge >= 0.3 is 0 Å². The molecule has 0 saturated heterocycles. The normalized spacial score (nSPS) is 14.0. The van der Waals surface area contributed by atoms with Crippen molar-refractivity contribution >= 4 is 43.5 Å². The highest BCUT2D eigenvalue weighted by molar-refractivity contribution is 6.27. The molecule has 0 amide bonds. The Kier molecular flexibility index (Phi) is 4.30. The molecule has 1 heteroatoms. The summed E-state index contributed by atoms with van der Waals surface area (Å²) in [5.41, 5.74) is 6.14. The molecule has 9 rings (SSSR count). The maximum Gasteiger partial charge on any atom is 0.136 e. The minimum Gasteiger partial charge on any atom is -0.456 e. The molecular formula is C44H28O. The fourth-order valence-electron chi connectivity index (χ4n) is 6.58. The van der Waals surface area contributed by atoms with Crippen molar-refractivity contribution in [1.29, 1.82) is 0 Å². The summed E-state index contributed by atoms with van der Waals surface area (Å²) in [6, 6.07) is 35.2. The van der Waals surface area contributed by atoms with E-state index in [9.17, 15) is 5.48 Å². The van der Waals surface area contributed by atoms with Crippen LogP contribution in [-0.4, -0.2) is 0 Å². The first-order chi connectivity index (χ1) is 25.7. The third-order valence-electron chi connectivity index (χ3n) is 8.51. The Hall–Kier alpha value is -5.92. The lowest BCUT2D eigenvalue weighted by atomic mass is 9.82. The second-order valence-corrected chi connectivity index (χ2v) is 11.0. The van der Waals surface area contributed by atoms with Crippen LogP contribution in [0.5, 0.6) is 0 Å². The van der Waals surface area contributed by atoms with E-state index < -0.39 is 24.2 Å². The SMILES string of the molecule is [2H]c1c([2H])c([2H])c2c(-c3c(-c4ccccc4)ccc4oc5ccccc5c34)c3c([2H])c([2H])c([2H])c([2H])c3c(-c3cccc(-c4ccccc4)c3)c2c1[2H]. The smallest absolute Gasteiger partial charge is 0.136 e. The van der Waals surface area contributed by atoms with Crippen LogP contribution < -0.4 is 0 Å². The van der Waals surface area contributed by atoms with Crippen LogP contribution in [0, 0.1) is 0 Å². The molecule has 0 unspecified atom stereocenters. The number of hydrogen-bond donors (Lipinski definition) is 0. The van der Waals surface area contributed by atoms with E-state index in [2.05, 4.69) is 0 Å². The van der Waals surface area contributed by atoms with E-state index in [0.717, 1.165) is 22.1 Å². The standard InChI is InChI=1S/C44H28O/c1-3-14-29(15-4-1)31-18-13-19-32(28-31)41-34-20-7-9-22-36(34)42(37-23-10-8-21-35(37)41)44-33(30-16-5-2-6-17-30)26-27-40-43(44)38-24-11-12-25-39(38)45-40/h1-28H/i7D,8D,9D,10D,20D,21D,22D,23D. The summed E-state index contributed by atoms with van der Waals surface area (Å²) in [5.74, 6) is 0. The van der Waals surface area contributed by atoms with E-state index in [0.29, 0.717) is 38.8 Å². The molecule has 1 aromatic heterocycles. The second kappa shape index (κ2) is 10.4. The molecule has 0 fully saturated rings. The summed E-state index contributed by atoms with van der Waals surface area (Å²) >= 11 is 0. The molecule has 1 heterocycles. The highest BCUT2D eigenvalue weighted by Crippen LogP contribution is 2.50. The Morgan fingerprint density at radius 3 is 1.62 bits per heavy atom.